The maximum atomic E-state index is 4.95. The minimum absolute atomic E-state index is 0. The second-order valence-corrected chi connectivity index (χ2v) is 2.03. The van der Waals surface area contributed by atoms with Crippen molar-refractivity contribution in [2.45, 2.75) is 13.8 Å². The van der Waals surface area contributed by atoms with Crippen molar-refractivity contribution in [1.29, 1.82) is 0 Å². The second kappa shape index (κ2) is 12.4. The summed E-state index contributed by atoms with van der Waals surface area (Å²) < 4.78 is 0. The van der Waals surface area contributed by atoms with E-state index in [4.69, 9.17) is 13.2 Å². The van der Waals surface area contributed by atoms with Crippen molar-refractivity contribution >= 4 is 23.1 Å². The van der Waals surface area contributed by atoms with Crippen LogP contribution < -0.4 is 0 Å². The molecule has 0 fully saturated rings. The molecule has 56 valence electrons. The van der Waals surface area contributed by atoms with Gasteiger partial charge in [-0.3, -0.25) is 13.2 Å². The molecule has 0 N–H and O–H groups in total. The van der Waals surface area contributed by atoms with Gasteiger partial charge in [0.2, 0.25) is 0 Å². The van der Waals surface area contributed by atoms with Gasteiger partial charge < -0.3 is 0 Å². The summed E-state index contributed by atoms with van der Waals surface area (Å²) in [7, 11) is 0. The van der Waals surface area contributed by atoms with Gasteiger partial charge in [-0.2, -0.15) is 13.2 Å². The third kappa shape index (κ3) is 41.8. The summed E-state index contributed by atoms with van der Waals surface area (Å²) >= 11 is 0. The van der Waals surface area contributed by atoms with Gasteiger partial charge in [-0.1, -0.05) is 0 Å². The molecule has 0 saturated carbocycles. The second-order valence-electron chi connectivity index (χ2n) is 2.03. The fourth-order valence-electron chi connectivity index (χ4n) is 0. The largest absolute Gasteiger partial charge is 2.00 e. The van der Waals surface area contributed by atoms with Gasteiger partial charge in [0.05, 0.1) is 0 Å². The average molecular weight is 159 g/mol. The summed E-state index contributed by atoms with van der Waals surface area (Å²) in [5.74, 6) is 0. The van der Waals surface area contributed by atoms with Crippen LogP contribution in [0.25, 0.3) is 0 Å². The van der Waals surface area contributed by atoms with Gasteiger partial charge in [-0.15, -0.1) is 13.8 Å². The molecule has 0 amide bonds. The number of allylic oxidation sites excluding steroid dienone is 4. The first kappa shape index (κ1) is 17.0. The van der Waals surface area contributed by atoms with E-state index in [1.807, 2.05) is 13.8 Å². The first-order valence-electron chi connectivity index (χ1n) is 2.95. The van der Waals surface area contributed by atoms with Crippen LogP contribution in [0.5, 0.6) is 0 Å². The van der Waals surface area contributed by atoms with Crippen LogP contribution in [0, 0.1) is 13.2 Å². The van der Waals surface area contributed by atoms with Gasteiger partial charge in [0.15, 0.2) is 0 Å². The van der Waals surface area contributed by atoms with Crippen LogP contribution >= 0.6 is 0 Å². The molecule has 0 aliphatic heterocycles. The van der Waals surface area contributed by atoms with Crippen LogP contribution in [-0.2, 0) is 0 Å². The summed E-state index contributed by atoms with van der Waals surface area (Å²) in [6, 6.07) is 0. The summed E-state index contributed by atoms with van der Waals surface area (Å²) in [5.41, 5.74) is 1.81. The molecule has 0 bridgehead atoms. The van der Waals surface area contributed by atoms with Gasteiger partial charge in [0, 0.05) is 0 Å². The first-order chi connectivity index (χ1) is 4.54. The van der Waals surface area contributed by atoms with Crippen molar-refractivity contribution in [1.82, 2.24) is 0 Å². The van der Waals surface area contributed by atoms with Crippen LogP contribution in [0.1, 0.15) is 13.8 Å². The average Bonchev–Trinajstić information content (AvgIpc) is 1.89. The number of rotatable bonds is 2. The van der Waals surface area contributed by atoms with Crippen molar-refractivity contribution < 1.29 is 0 Å². The van der Waals surface area contributed by atoms with Gasteiger partial charge in [-0.25, -0.2) is 23.3 Å². The Kier molecular flexibility index (Phi) is 19.2. The molecule has 0 rings (SSSR count). The Morgan fingerprint density at radius 1 is 1.00 bits per heavy atom. The summed E-state index contributed by atoms with van der Waals surface area (Å²) in [4.78, 5) is 0. The summed E-state index contributed by atoms with van der Waals surface area (Å²) in [6.07, 6.45) is 2.94. The van der Waals surface area contributed by atoms with E-state index in [0.717, 1.165) is 11.1 Å². The van der Waals surface area contributed by atoms with E-state index < -0.39 is 0 Å². The van der Waals surface area contributed by atoms with Crippen LogP contribution in [0.4, 0.5) is 0 Å². The maximum absolute atomic E-state index is 4.95. The van der Waals surface area contributed by atoms with E-state index in [0.29, 0.717) is 0 Å². The Hall–Kier alpha value is -0.274. The third-order valence-corrected chi connectivity index (χ3v) is 0.569. The van der Waals surface area contributed by atoms with Crippen LogP contribution in [-0.4, -0.2) is 23.1 Å². The summed E-state index contributed by atoms with van der Waals surface area (Å²) in [6.45, 7) is 20.6. The molecule has 0 heterocycles. The van der Waals surface area contributed by atoms with E-state index in [-0.39, 0.29) is 23.1 Å². The van der Waals surface area contributed by atoms with Crippen molar-refractivity contribution in [3.8, 4) is 0 Å². The molecule has 0 aliphatic rings. The van der Waals surface area contributed by atoms with E-state index >= 15 is 0 Å². The molecule has 0 aromatic carbocycles. The van der Waals surface area contributed by atoms with Gasteiger partial charge in [0.1, 0.15) is 0 Å². The van der Waals surface area contributed by atoms with E-state index in [1.54, 1.807) is 0 Å². The normalized spacial score (nSPS) is 6.00. The quantitative estimate of drug-likeness (QED) is 0.329. The number of hydrogen-bond acceptors (Lipinski definition) is 0. The van der Waals surface area contributed by atoms with Gasteiger partial charge >= 0.3 is 23.1 Å². The van der Waals surface area contributed by atoms with Crippen molar-refractivity contribution in [3.05, 3.63) is 49.6 Å². The zero-order valence-corrected chi connectivity index (χ0v) is 8.84. The molecule has 11 heavy (non-hydrogen) atoms. The Morgan fingerprint density at radius 3 is 1.09 bits per heavy atom. The molecule has 0 atom stereocenters. The molecule has 0 saturated heterocycles. The van der Waals surface area contributed by atoms with E-state index in [1.165, 1.54) is 12.2 Å². The maximum Gasteiger partial charge on any atom is 2.00 e. The molecule has 0 unspecified atom stereocenters. The molecular formula is C10H14Mg. The van der Waals surface area contributed by atoms with Crippen LogP contribution in [0.3, 0.4) is 0 Å². The molecule has 0 aromatic rings. The Bertz CT molecular complexity index is 125. The van der Waals surface area contributed by atoms with Crippen molar-refractivity contribution in [2.24, 2.45) is 0 Å². The Balaban J connectivity index is -0.000000107. The first-order valence-corrected chi connectivity index (χ1v) is 2.95. The predicted molar refractivity (Wildman–Crippen MR) is 53.1 cm³/mol. The minimum atomic E-state index is 0. The monoisotopic (exact) mass is 158 g/mol. The molecule has 0 aromatic heterocycles. The zero-order chi connectivity index (χ0) is 8.57. The van der Waals surface area contributed by atoms with Gasteiger partial charge in [-0.05, 0) is 0 Å². The topological polar surface area (TPSA) is 0 Å². The smallest absolute Gasteiger partial charge is 0.293 e. The molecule has 0 spiro atoms. The van der Waals surface area contributed by atoms with Crippen LogP contribution in [0.15, 0.2) is 36.5 Å². The Labute approximate surface area is 86.5 Å². The fraction of sp³-hybridized carbons (Fsp3) is 0.200. The Morgan fingerprint density at radius 2 is 1.09 bits per heavy atom. The van der Waals surface area contributed by atoms with Gasteiger partial charge in [0.25, 0.3) is 0 Å². The standard InChI is InChI=1S/2C5H7.Mg/c2*1-4-5(2)3;/h2*1,4H,2H2,3H3;/q2*-1;+2. The fourth-order valence-corrected chi connectivity index (χ4v) is 0. The summed E-state index contributed by atoms with van der Waals surface area (Å²) in [5, 5.41) is 0. The van der Waals surface area contributed by atoms with E-state index in [2.05, 4.69) is 13.2 Å². The van der Waals surface area contributed by atoms with E-state index in [9.17, 15) is 0 Å². The predicted octanol–water partition coefficient (Wildman–Crippen LogP) is 2.72. The van der Waals surface area contributed by atoms with Crippen molar-refractivity contribution in [2.75, 3.05) is 0 Å². The number of hydrogen-bond donors (Lipinski definition) is 0. The molecule has 0 radical (unpaired) electrons. The molecule has 0 nitrogen and oxygen atoms in total. The molecule has 0 aliphatic carbocycles. The SMILES string of the molecule is [CH-]=CC(=C)C.[CH-]=CC(=C)C.[Mg+2]. The zero-order valence-electron chi connectivity index (χ0n) is 7.43. The van der Waals surface area contributed by atoms with Crippen LogP contribution in [0.2, 0.25) is 0 Å². The molecule has 1 heteroatoms. The molecular weight excluding hydrogens is 144 g/mol. The van der Waals surface area contributed by atoms with Crippen molar-refractivity contribution in [3.63, 3.8) is 0 Å². The minimum Gasteiger partial charge on any atom is -0.293 e. The third-order valence-electron chi connectivity index (χ3n) is 0.569.